The summed E-state index contributed by atoms with van der Waals surface area (Å²) >= 11 is 0. The molecule has 4 heteroatoms. The van der Waals surface area contributed by atoms with Crippen LogP contribution in [0.1, 0.15) is 71.1 Å². The van der Waals surface area contributed by atoms with Crippen molar-refractivity contribution in [1.29, 1.82) is 0 Å². The van der Waals surface area contributed by atoms with Gasteiger partial charge in [-0.2, -0.15) is 0 Å². The van der Waals surface area contributed by atoms with Gasteiger partial charge in [0.25, 0.3) is 0 Å². The molecule has 0 unspecified atom stereocenters. The average molecular weight is 322 g/mol. The van der Waals surface area contributed by atoms with Crippen LogP contribution in [0.25, 0.3) is 0 Å². The molecule has 1 aliphatic carbocycles. The first-order valence-corrected chi connectivity index (χ1v) is 8.77. The zero-order chi connectivity index (χ0) is 16.9. The molecular formula is C19H30O4. The summed E-state index contributed by atoms with van der Waals surface area (Å²) in [5, 5.41) is 0. The molecule has 0 heterocycles. The maximum absolute atomic E-state index is 11.8. The third kappa shape index (κ3) is 9.22. The predicted molar refractivity (Wildman–Crippen MR) is 90.7 cm³/mol. The first-order valence-electron chi connectivity index (χ1n) is 8.77. The topological polar surface area (TPSA) is 52.6 Å². The van der Waals surface area contributed by atoms with Gasteiger partial charge in [-0.05, 0) is 18.9 Å². The highest BCUT2D eigenvalue weighted by Crippen LogP contribution is 2.18. The minimum Gasteiger partial charge on any atom is -0.469 e. The highest BCUT2D eigenvalue weighted by Gasteiger charge is 2.15. The molecule has 0 spiro atoms. The molecule has 0 N–H and O–H groups in total. The maximum Gasteiger partial charge on any atom is 0.312 e. The van der Waals surface area contributed by atoms with E-state index in [4.69, 9.17) is 9.47 Å². The normalized spacial score (nSPS) is 25.1. The van der Waals surface area contributed by atoms with Crippen molar-refractivity contribution in [3.05, 3.63) is 24.0 Å². The second-order valence-electron chi connectivity index (χ2n) is 6.11. The molecule has 1 atom stereocenters. The Morgan fingerprint density at radius 3 is 2.22 bits per heavy atom. The minimum atomic E-state index is -0.299. The van der Waals surface area contributed by atoms with Gasteiger partial charge in [-0.15, -0.1) is 0 Å². The Hall–Kier alpha value is -1.58. The molecule has 0 saturated heterocycles. The zero-order valence-electron chi connectivity index (χ0n) is 14.5. The SMILES string of the molecule is COC(=O)[C@@H]1/C=C\C=C(\OC(C)=O)CCCCCCCCCC1. The number of esters is 2. The molecule has 4 nitrogen and oxygen atoms in total. The smallest absolute Gasteiger partial charge is 0.312 e. The van der Waals surface area contributed by atoms with Crippen LogP contribution in [-0.2, 0) is 19.1 Å². The Bertz CT molecular complexity index is 423. The van der Waals surface area contributed by atoms with Crippen LogP contribution in [0.3, 0.4) is 0 Å². The Morgan fingerprint density at radius 2 is 1.61 bits per heavy atom. The van der Waals surface area contributed by atoms with Crippen molar-refractivity contribution in [3.8, 4) is 0 Å². The minimum absolute atomic E-state index is 0.201. The molecule has 23 heavy (non-hydrogen) atoms. The van der Waals surface area contributed by atoms with Crippen LogP contribution in [0, 0.1) is 5.92 Å². The van der Waals surface area contributed by atoms with Gasteiger partial charge >= 0.3 is 11.9 Å². The number of hydrogen-bond acceptors (Lipinski definition) is 4. The van der Waals surface area contributed by atoms with Crippen LogP contribution in [0.5, 0.6) is 0 Å². The van der Waals surface area contributed by atoms with E-state index in [-0.39, 0.29) is 17.9 Å². The van der Waals surface area contributed by atoms with Gasteiger partial charge in [-0.25, -0.2) is 0 Å². The van der Waals surface area contributed by atoms with E-state index in [0.29, 0.717) is 5.76 Å². The Kier molecular flexibility index (Phi) is 10.1. The van der Waals surface area contributed by atoms with E-state index in [1.54, 1.807) is 6.08 Å². The number of allylic oxidation sites excluding steroid dienone is 3. The number of rotatable bonds is 2. The molecule has 1 rings (SSSR count). The molecule has 0 saturated carbocycles. The van der Waals surface area contributed by atoms with E-state index in [1.165, 1.54) is 39.7 Å². The van der Waals surface area contributed by atoms with E-state index < -0.39 is 0 Å². The van der Waals surface area contributed by atoms with E-state index in [2.05, 4.69) is 0 Å². The summed E-state index contributed by atoms with van der Waals surface area (Å²) in [5.74, 6) is -0.0488. The number of carbonyl (C=O) groups excluding carboxylic acids is 2. The van der Waals surface area contributed by atoms with Gasteiger partial charge in [0.1, 0.15) is 5.76 Å². The van der Waals surface area contributed by atoms with Crippen molar-refractivity contribution in [1.82, 2.24) is 0 Å². The average Bonchev–Trinajstić information content (AvgIpc) is 2.53. The van der Waals surface area contributed by atoms with Crippen molar-refractivity contribution >= 4 is 11.9 Å². The first kappa shape index (κ1) is 19.5. The maximum atomic E-state index is 11.8. The Morgan fingerprint density at radius 1 is 1.00 bits per heavy atom. The Labute approximate surface area is 139 Å². The second-order valence-corrected chi connectivity index (χ2v) is 6.11. The third-order valence-corrected chi connectivity index (χ3v) is 4.09. The molecule has 0 aromatic carbocycles. The monoisotopic (exact) mass is 322 g/mol. The van der Waals surface area contributed by atoms with E-state index in [9.17, 15) is 9.59 Å². The van der Waals surface area contributed by atoms with Crippen LogP contribution >= 0.6 is 0 Å². The number of methoxy groups -OCH3 is 1. The van der Waals surface area contributed by atoms with Crippen molar-refractivity contribution < 1.29 is 19.1 Å². The van der Waals surface area contributed by atoms with Gasteiger partial charge in [-0.1, -0.05) is 57.1 Å². The lowest BCUT2D eigenvalue weighted by Crippen LogP contribution is -2.13. The summed E-state index contributed by atoms with van der Waals surface area (Å²) in [4.78, 5) is 23.0. The molecule has 0 amide bonds. The lowest BCUT2D eigenvalue weighted by atomic mass is 9.99. The zero-order valence-corrected chi connectivity index (χ0v) is 14.5. The lowest BCUT2D eigenvalue weighted by Gasteiger charge is -2.10. The highest BCUT2D eigenvalue weighted by molar-refractivity contribution is 5.74. The number of ether oxygens (including phenoxy) is 2. The van der Waals surface area contributed by atoms with Crippen LogP contribution < -0.4 is 0 Å². The summed E-state index contributed by atoms with van der Waals surface area (Å²) in [5.41, 5.74) is 0. The fourth-order valence-corrected chi connectivity index (χ4v) is 2.82. The van der Waals surface area contributed by atoms with Crippen LogP contribution in [-0.4, -0.2) is 19.0 Å². The lowest BCUT2D eigenvalue weighted by molar-refractivity contribution is -0.144. The summed E-state index contributed by atoms with van der Waals surface area (Å²) in [6, 6.07) is 0. The summed E-state index contributed by atoms with van der Waals surface area (Å²) in [6.07, 6.45) is 16.4. The number of hydrogen-bond donors (Lipinski definition) is 0. The third-order valence-electron chi connectivity index (χ3n) is 4.09. The number of carbonyl (C=O) groups is 2. The second kappa shape index (κ2) is 11.9. The molecular weight excluding hydrogens is 292 g/mol. The van der Waals surface area contributed by atoms with Crippen LogP contribution in [0.4, 0.5) is 0 Å². The van der Waals surface area contributed by atoms with Gasteiger partial charge in [0, 0.05) is 13.3 Å². The standard InChI is InChI=1S/C19H30O4/c1-16(20)23-18-14-10-8-6-4-3-5-7-9-12-17(13-11-15-18)19(21)22-2/h11,13,15,17H,3-10,12,14H2,1-2H3/b13-11-,18-15+/t17-/m0/s1. The van der Waals surface area contributed by atoms with E-state index >= 15 is 0 Å². The first-order chi connectivity index (χ1) is 11.1. The van der Waals surface area contributed by atoms with Gasteiger partial charge in [0.05, 0.1) is 13.0 Å². The van der Waals surface area contributed by atoms with E-state index in [0.717, 1.165) is 38.5 Å². The fourth-order valence-electron chi connectivity index (χ4n) is 2.82. The summed E-state index contributed by atoms with van der Waals surface area (Å²) in [7, 11) is 1.42. The fraction of sp³-hybridized carbons (Fsp3) is 0.684. The Balaban J connectivity index is 2.76. The van der Waals surface area contributed by atoms with E-state index in [1.807, 2.05) is 12.2 Å². The van der Waals surface area contributed by atoms with Crippen molar-refractivity contribution in [2.75, 3.05) is 7.11 Å². The summed E-state index contributed by atoms with van der Waals surface area (Å²) in [6.45, 7) is 1.41. The summed E-state index contributed by atoms with van der Waals surface area (Å²) < 4.78 is 10.1. The molecule has 0 aromatic heterocycles. The largest absolute Gasteiger partial charge is 0.469 e. The molecule has 0 aliphatic heterocycles. The van der Waals surface area contributed by atoms with Crippen LogP contribution in [0.15, 0.2) is 24.0 Å². The quantitative estimate of drug-likeness (QED) is 0.692. The van der Waals surface area contributed by atoms with Crippen molar-refractivity contribution in [2.45, 2.75) is 71.1 Å². The predicted octanol–water partition coefficient (Wildman–Crippen LogP) is 4.69. The van der Waals surface area contributed by atoms with Crippen LogP contribution in [0.2, 0.25) is 0 Å². The van der Waals surface area contributed by atoms with Gasteiger partial charge in [-0.3, -0.25) is 9.59 Å². The van der Waals surface area contributed by atoms with Gasteiger partial charge < -0.3 is 9.47 Å². The molecule has 0 radical (unpaired) electrons. The van der Waals surface area contributed by atoms with Crippen molar-refractivity contribution in [2.24, 2.45) is 5.92 Å². The molecule has 0 bridgehead atoms. The molecule has 130 valence electrons. The molecule has 0 fully saturated rings. The van der Waals surface area contributed by atoms with Gasteiger partial charge in [0.2, 0.25) is 0 Å². The molecule has 0 aromatic rings. The highest BCUT2D eigenvalue weighted by atomic mass is 16.5. The van der Waals surface area contributed by atoms with Gasteiger partial charge in [0.15, 0.2) is 0 Å². The van der Waals surface area contributed by atoms with Crippen molar-refractivity contribution in [3.63, 3.8) is 0 Å². The molecule has 1 aliphatic rings.